The average molecular weight is 388 g/mol. The molecule has 3 heterocycles. The van der Waals surface area contributed by atoms with Crippen molar-refractivity contribution in [2.45, 2.75) is 31.7 Å². The van der Waals surface area contributed by atoms with Crippen molar-refractivity contribution in [2.24, 2.45) is 0 Å². The van der Waals surface area contributed by atoms with Gasteiger partial charge in [0, 0.05) is 24.4 Å². The van der Waals surface area contributed by atoms with Crippen molar-refractivity contribution in [3.05, 3.63) is 39.3 Å². The summed E-state index contributed by atoms with van der Waals surface area (Å²) in [5, 5.41) is 6.40. The summed E-state index contributed by atoms with van der Waals surface area (Å²) >= 11 is 1.62. The van der Waals surface area contributed by atoms with Crippen LogP contribution in [0.3, 0.4) is 0 Å². The lowest BCUT2D eigenvalue weighted by atomic mass is 9.98. The number of ether oxygens (including phenoxy) is 2. The first kappa shape index (κ1) is 18.3. The lowest BCUT2D eigenvalue weighted by Crippen LogP contribution is -2.36. The summed E-state index contributed by atoms with van der Waals surface area (Å²) in [5.41, 5.74) is 2.91. The molecule has 0 aliphatic carbocycles. The smallest absolute Gasteiger partial charge is 0.273 e. The third-order valence-corrected chi connectivity index (χ3v) is 6.44. The van der Waals surface area contributed by atoms with Gasteiger partial charge in [-0.05, 0) is 55.6 Å². The molecule has 1 fully saturated rings. The van der Waals surface area contributed by atoms with E-state index in [1.54, 1.807) is 25.6 Å². The number of aromatic nitrogens is 1. The Balaban J connectivity index is 1.50. The Morgan fingerprint density at radius 1 is 1.19 bits per heavy atom. The fourth-order valence-electron chi connectivity index (χ4n) is 3.86. The monoisotopic (exact) mass is 387 g/mol. The number of nitrogens with one attached hydrogen (secondary N) is 1. The van der Waals surface area contributed by atoms with Crippen LogP contribution in [0, 0.1) is 0 Å². The van der Waals surface area contributed by atoms with Crippen LogP contribution in [-0.2, 0) is 13.0 Å². The molecule has 0 spiro atoms. The van der Waals surface area contributed by atoms with E-state index < -0.39 is 0 Å². The largest absolute Gasteiger partial charge is 0.493 e. The number of thiazole rings is 1. The summed E-state index contributed by atoms with van der Waals surface area (Å²) < 4.78 is 10.8. The van der Waals surface area contributed by atoms with Gasteiger partial charge in [0.25, 0.3) is 5.91 Å². The van der Waals surface area contributed by atoms with Gasteiger partial charge >= 0.3 is 0 Å². The van der Waals surface area contributed by atoms with Crippen LogP contribution in [0.15, 0.2) is 17.5 Å². The lowest BCUT2D eigenvalue weighted by molar-refractivity contribution is 0.0729. The molecule has 1 aromatic heterocycles. The molecule has 27 heavy (non-hydrogen) atoms. The molecule has 1 saturated heterocycles. The normalized spacial score (nSPS) is 17.5. The van der Waals surface area contributed by atoms with Crippen LogP contribution < -0.4 is 14.8 Å². The number of hydrogen-bond acceptors (Lipinski definition) is 6. The van der Waals surface area contributed by atoms with Gasteiger partial charge in [-0.3, -0.25) is 4.79 Å². The first-order valence-corrected chi connectivity index (χ1v) is 10.3. The molecule has 6 nitrogen and oxygen atoms in total. The second-order valence-electron chi connectivity index (χ2n) is 7.05. The molecule has 4 rings (SSSR count). The standard InChI is InChI=1S/C20H25N3O3S/c1-25-17-9-14-5-8-23(11-15(14)10-18(17)26-2)20(24)16-12-27-19(22-16)13-3-6-21-7-4-13/h9-10,12-13,21H,3-8,11H2,1-2H3. The SMILES string of the molecule is COc1cc2c(cc1OC)CN(C(=O)c1csc(C3CCNCC3)n1)CC2. The summed E-state index contributed by atoms with van der Waals surface area (Å²) in [4.78, 5) is 19.6. The molecule has 0 atom stereocenters. The predicted octanol–water partition coefficient (Wildman–Crippen LogP) is 2.83. The highest BCUT2D eigenvalue weighted by Crippen LogP contribution is 2.34. The summed E-state index contributed by atoms with van der Waals surface area (Å²) in [6.07, 6.45) is 3.01. The van der Waals surface area contributed by atoms with E-state index in [0.29, 0.717) is 30.5 Å². The van der Waals surface area contributed by atoms with Gasteiger partial charge in [-0.25, -0.2) is 4.98 Å². The molecule has 0 bridgehead atoms. The van der Waals surface area contributed by atoms with Crippen LogP contribution in [0.4, 0.5) is 0 Å². The number of fused-ring (bicyclic) bond motifs is 1. The fraction of sp³-hybridized carbons (Fsp3) is 0.500. The second kappa shape index (κ2) is 7.86. The average Bonchev–Trinajstić information content (AvgIpc) is 3.22. The molecule has 1 N–H and O–H groups in total. The first-order chi connectivity index (χ1) is 13.2. The molecule has 0 saturated carbocycles. The Kier molecular flexibility index (Phi) is 5.31. The highest BCUT2D eigenvalue weighted by Gasteiger charge is 2.26. The van der Waals surface area contributed by atoms with Crippen molar-refractivity contribution in [3.8, 4) is 11.5 Å². The maximum atomic E-state index is 13.0. The van der Waals surface area contributed by atoms with Crippen molar-refractivity contribution in [2.75, 3.05) is 33.9 Å². The van der Waals surface area contributed by atoms with Gasteiger partial charge < -0.3 is 19.7 Å². The molecule has 0 unspecified atom stereocenters. The van der Waals surface area contributed by atoms with Gasteiger partial charge in [-0.1, -0.05) is 0 Å². The van der Waals surface area contributed by atoms with Gasteiger partial charge in [-0.2, -0.15) is 0 Å². The van der Waals surface area contributed by atoms with E-state index in [4.69, 9.17) is 9.47 Å². The van der Waals surface area contributed by atoms with Gasteiger partial charge in [-0.15, -0.1) is 11.3 Å². The Labute approximate surface area is 163 Å². The molecule has 1 aromatic carbocycles. The molecule has 144 valence electrons. The lowest BCUT2D eigenvalue weighted by Gasteiger charge is -2.29. The molecule has 2 aliphatic heterocycles. The van der Waals surface area contributed by atoms with Crippen molar-refractivity contribution in [1.29, 1.82) is 0 Å². The van der Waals surface area contributed by atoms with Gasteiger partial charge in [0.15, 0.2) is 11.5 Å². The van der Waals surface area contributed by atoms with Crippen molar-refractivity contribution >= 4 is 17.2 Å². The number of rotatable bonds is 4. The van der Waals surface area contributed by atoms with Crippen LogP contribution >= 0.6 is 11.3 Å². The van der Waals surface area contributed by atoms with Gasteiger partial charge in [0.2, 0.25) is 0 Å². The number of piperidine rings is 1. The van der Waals surface area contributed by atoms with Crippen molar-refractivity contribution in [1.82, 2.24) is 15.2 Å². The summed E-state index contributed by atoms with van der Waals surface area (Å²) in [6, 6.07) is 4.00. The number of carbonyl (C=O) groups excluding carboxylic acids is 1. The number of nitrogens with zero attached hydrogens (tertiary/aromatic N) is 2. The summed E-state index contributed by atoms with van der Waals surface area (Å²) in [5.74, 6) is 1.94. The second-order valence-corrected chi connectivity index (χ2v) is 7.94. The molecule has 0 radical (unpaired) electrons. The molecule has 7 heteroatoms. The molecular formula is C20H25N3O3S. The number of benzene rings is 1. The Morgan fingerprint density at radius 3 is 2.59 bits per heavy atom. The van der Waals surface area contributed by atoms with Crippen LogP contribution in [0.5, 0.6) is 11.5 Å². The Morgan fingerprint density at radius 2 is 1.89 bits per heavy atom. The molecule has 2 aliphatic rings. The van der Waals surface area contributed by atoms with E-state index in [9.17, 15) is 4.79 Å². The fourth-order valence-corrected chi connectivity index (χ4v) is 4.83. The highest BCUT2D eigenvalue weighted by atomic mass is 32.1. The zero-order valence-corrected chi connectivity index (χ0v) is 16.6. The number of amides is 1. The predicted molar refractivity (Wildman–Crippen MR) is 105 cm³/mol. The molecular weight excluding hydrogens is 362 g/mol. The maximum absolute atomic E-state index is 13.0. The summed E-state index contributed by atoms with van der Waals surface area (Å²) in [7, 11) is 3.28. The minimum Gasteiger partial charge on any atom is -0.493 e. The van der Waals surface area contributed by atoms with E-state index in [-0.39, 0.29) is 5.91 Å². The van der Waals surface area contributed by atoms with E-state index in [0.717, 1.165) is 48.7 Å². The molecule has 1 amide bonds. The minimum absolute atomic E-state index is 0.0202. The number of carbonyl (C=O) groups is 1. The topological polar surface area (TPSA) is 63.7 Å². The van der Waals surface area contributed by atoms with E-state index >= 15 is 0 Å². The Bertz CT molecular complexity index is 830. The van der Waals surface area contributed by atoms with Crippen LogP contribution in [0.1, 0.15) is 45.4 Å². The van der Waals surface area contributed by atoms with Crippen LogP contribution in [0.2, 0.25) is 0 Å². The van der Waals surface area contributed by atoms with E-state index in [1.165, 1.54) is 5.56 Å². The molecule has 2 aromatic rings. The Hall–Kier alpha value is -2.12. The minimum atomic E-state index is 0.0202. The van der Waals surface area contributed by atoms with Crippen molar-refractivity contribution in [3.63, 3.8) is 0 Å². The zero-order valence-electron chi connectivity index (χ0n) is 15.8. The van der Waals surface area contributed by atoms with E-state index in [1.807, 2.05) is 22.4 Å². The highest BCUT2D eigenvalue weighted by molar-refractivity contribution is 7.09. The van der Waals surface area contributed by atoms with Gasteiger partial charge in [0.05, 0.1) is 19.2 Å². The quantitative estimate of drug-likeness (QED) is 0.874. The third kappa shape index (κ3) is 3.66. The van der Waals surface area contributed by atoms with Gasteiger partial charge in [0.1, 0.15) is 5.69 Å². The third-order valence-electron chi connectivity index (χ3n) is 5.43. The van der Waals surface area contributed by atoms with Crippen LogP contribution in [-0.4, -0.2) is 49.6 Å². The van der Waals surface area contributed by atoms with Crippen molar-refractivity contribution < 1.29 is 14.3 Å². The summed E-state index contributed by atoms with van der Waals surface area (Å²) in [6.45, 7) is 3.33. The zero-order chi connectivity index (χ0) is 18.8. The number of hydrogen-bond donors (Lipinski definition) is 1. The van der Waals surface area contributed by atoms with E-state index in [2.05, 4.69) is 10.3 Å². The maximum Gasteiger partial charge on any atom is 0.273 e. The first-order valence-electron chi connectivity index (χ1n) is 9.38. The van der Waals surface area contributed by atoms with Crippen LogP contribution in [0.25, 0.3) is 0 Å². The number of methoxy groups -OCH3 is 2.